The monoisotopic (exact) mass is 394 g/mol. The molecule has 0 aliphatic heterocycles. The molecule has 25 heavy (non-hydrogen) atoms. The van der Waals surface area contributed by atoms with Gasteiger partial charge in [0.05, 0.1) is 10.7 Å². The van der Waals surface area contributed by atoms with Crippen molar-refractivity contribution in [2.45, 2.75) is 6.92 Å². The van der Waals surface area contributed by atoms with Crippen molar-refractivity contribution in [2.24, 2.45) is 0 Å². The molecule has 8 heteroatoms. The standard InChI is InChI=1S/C17H13Cl3N4O/c1-9-6-11(3-4-12(9)19)25-17-15(21)16(22-8-23-17)24-14-5-2-10(18)7-13(14)20/h2-8H,21H2,1H3,(H,22,23,24). The molecular formula is C17H13Cl3N4O. The zero-order valence-corrected chi connectivity index (χ0v) is 15.3. The molecule has 2 aromatic carbocycles. The smallest absolute Gasteiger partial charge is 0.248 e. The van der Waals surface area contributed by atoms with Gasteiger partial charge in [-0.3, -0.25) is 0 Å². The number of nitrogens with zero attached hydrogens (tertiary/aromatic N) is 2. The molecule has 3 aromatic rings. The van der Waals surface area contributed by atoms with E-state index in [1.807, 2.05) is 6.92 Å². The van der Waals surface area contributed by atoms with Crippen molar-refractivity contribution >= 4 is 52.0 Å². The van der Waals surface area contributed by atoms with E-state index in [2.05, 4.69) is 15.3 Å². The van der Waals surface area contributed by atoms with E-state index in [9.17, 15) is 0 Å². The molecule has 0 bridgehead atoms. The van der Waals surface area contributed by atoms with Crippen molar-refractivity contribution in [2.75, 3.05) is 11.1 Å². The number of hydrogen-bond acceptors (Lipinski definition) is 5. The lowest BCUT2D eigenvalue weighted by Gasteiger charge is -2.13. The van der Waals surface area contributed by atoms with Crippen LogP contribution >= 0.6 is 34.8 Å². The highest BCUT2D eigenvalue weighted by Crippen LogP contribution is 2.34. The van der Waals surface area contributed by atoms with Gasteiger partial charge in [-0.25, -0.2) is 4.98 Å². The fraction of sp³-hybridized carbons (Fsp3) is 0.0588. The average molecular weight is 396 g/mol. The molecule has 3 rings (SSSR count). The topological polar surface area (TPSA) is 73.1 Å². The molecule has 0 unspecified atom stereocenters. The quantitative estimate of drug-likeness (QED) is 0.578. The molecule has 0 atom stereocenters. The van der Waals surface area contributed by atoms with Crippen LogP contribution in [-0.4, -0.2) is 9.97 Å². The van der Waals surface area contributed by atoms with Crippen molar-refractivity contribution < 1.29 is 4.74 Å². The Hall–Kier alpha value is -2.21. The average Bonchev–Trinajstić information content (AvgIpc) is 2.57. The molecule has 0 aliphatic rings. The van der Waals surface area contributed by atoms with Crippen LogP contribution < -0.4 is 15.8 Å². The van der Waals surface area contributed by atoms with E-state index in [1.54, 1.807) is 36.4 Å². The molecule has 0 saturated heterocycles. The number of anilines is 3. The van der Waals surface area contributed by atoms with Crippen LogP contribution in [-0.2, 0) is 0 Å². The first kappa shape index (κ1) is 17.6. The van der Waals surface area contributed by atoms with Crippen LogP contribution in [0.2, 0.25) is 15.1 Å². The van der Waals surface area contributed by atoms with Gasteiger partial charge < -0.3 is 15.8 Å². The number of halogens is 3. The minimum Gasteiger partial charge on any atom is -0.437 e. The van der Waals surface area contributed by atoms with Crippen LogP contribution in [0.3, 0.4) is 0 Å². The maximum Gasteiger partial charge on any atom is 0.248 e. The zero-order chi connectivity index (χ0) is 18.0. The van der Waals surface area contributed by atoms with Crippen LogP contribution in [0.4, 0.5) is 17.2 Å². The first-order valence-corrected chi connectivity index (χ1v) is 8.34. The fourth-order valence-corrected chi connectivity index (χ4v) is 2.64. The van der Waals surface area contributed by atoms with Gasteiger partial charge in [-0.1, -0.05) is 34.8 Å². The number of nitrogens with one attached hydrogen (secondary N) is 1. The van der Waals surface area contributed by atoms with Crippen molar-refractivity contribution in [1.29, 1.82) is 0 Å². The third kappa shape index (κ3) is 4.07. The summed E-state index contributed by atoms with van der Waals surface area (Å²) in [5.74, 6) is 1.17. The van der Waals surface area contributed by atoms with E-state index in [4.69, 9.17) is 45.3 Å². The van der Waals surface area contributed by atoms with Crippen molar-refractivity contribution in [3.8, 4) is 11.6 Å². The van der Waals surface area contributed by atoms with Gasteiger partial charge in [0.15, 0.2) is 5.82 Å². The molecule has 0 saturated carbocycles. The maximum absolute atomic E-state index is 6.16. The molecule has 0 fully saturated rings. The molecule has 0 aliphatic carbocycles. The van der Waals surface area contributed by atoms with Crippen LogP contribution in [0.15, 0.2) is 42.7 Å². The van der Waals surface area contributed by atoms with Crippen LogP contribution in [0, 0.1) is 6.92 Å². The molecule has 1 aromatic heterocycles. The number of benzene rings is 2. The summed E-state index contributed by atoms with van der Waals surface area (Å²) in [6.07, 6.45) is 1.35. The van der Waals surface area contributed by atoms with E-state index in [-0.39, 0.29) is 11.6 Å². The SMILES string of the molecule is Cc1cc(Oc2ncnc(Nc3ccc(Cl)cc3Cl)c2N)ccc1Cl. The Morgan fingerprint density at radius 3 is 2.52 bits per heavy atom. The number of hydrogen-bond donors (Lipinski definition) is 2. The fourth-order valence-electron chi connectivity index (χ4n) is 2.07. The molecule has 1 heterocycles. The summed E-state index contributed by atoms with van der Waals surface area (Å²) >= 11 is 18.1. The van der Waals surface area contributed by atoms with Crippen molar-refractivity contribution in [1.82, 2.24) is 9.97 Å². The minimum atomic E-state index is 0.226. The summed E-state index contributed by atoms with van der Waals surface area (Å²) in [6.45, 7) is 1.88. The van der Waals surface area contributed by atoms with E-state index in [1.165, 1.54) is 6.33 Å². The zero-order valence-electron chi connectivity index (χ0n) is 13.1. The second kappa shape index (κ2) is 7.35. The third-order valence-corrected chi connectivity index (χ3v) is 4.35. The molecular weight excluding hydrogens is 383 g/mol. The largest absolute Gasteiger partial charge is 0.437 e. The summed E-state index contributed by atoms with van der Waals surface area (Å²) in [5.41, 5.74) is 7.87. The number of rotatable bonds is 4. The number of aryl methyl sites for hydroxylation is 1. The highest BCUT2D eigenvalue weighted by molar-refractivity contribution is 6.36. The Labute approximate surface area is 159 Å². The third-order valence-electron chi connectivity index (χ3n) is 3.38. The van der Waals surface area contributed by atoms with Crippen molar-refractivity contribution in [3.63, 3.8) is 0 Å². The summed E-state index contributed by atoms with van der Waals surface area (Å²) < 4.78 is 5.74. The molecule has 128 valence electrons. The second-order valence-corrected chi connectivity index (χ2v) is 6.45. The minimum absolute atomic E-state index is 0.226. The molecule has 0 amide bonds. The Bertz CT molecular complexity index is 934. The first-order chi connectivity index (χ1) is 11.9. The van der Waals surface area contributed by atoms with Gasteiger partial charge in [-0.05, 0) is 48.9 Å². The second-order valence-electron chi connectivity index (χ2n) is 5.20. The Morgan fingerprint density at radius 1 is 1.00 bits per heavy atom. The predicted octanol–water partition coefficient (Wildman–Crippen LogP) is 5.86. The number of aromatic nitrogens is 2. The van der Waals surface area contributed by atoms with Gasteiger partial charge in [0, 0.05) is 10.0 Å². The van der Waals surface area contributed by atoms with E-state index < -0.39 is 0 Å². The summed E-state index contributed by atoms with van der Waals surface area (Å²) in [6, 6.07) is 10.3. The Morgan fingerprint density at radius 2 is 1.80 bits per heavy atom. The normalized spacial score (nSPS) is 10.6. The van der Waals surface area contributed by atoms with E-state index in [0.717, 1.165) is 5.56 Å². The van der Waals surface area contributed by atoms with Gasteiger partial charge in [-0.2, -0.15) is 4.98 Å². The van der Waals surface area contributed by atoms with Gasteiger partial charge in [0.2, 0.25) is 5.88 Å². The van der Waals surface area contributed by atoms with Gasteiger partial charge in [0.25, 0.3) is 0 Å². The summed E-state index contributed by atoms with van der Waals surface area (Å²) in [4.78, 5) is 8.21. The summed E-state index contributed by atoms with van der Waals surface area (Å²) in [5, 5.41) is 4.68. The molecule has 0 radical (unpaired) electrons. The van der Waals surface area contributed by atoms with E-state index in [0.29, 0.717) is 32.3 Å². The Balaban J connectivity index is 1.87. The van der Waals surface area contributed by atoms with Crippen LogP contribution in [0.25, 0.3) is 0 Å². The lowest BCUT2D eigenvalue weighted by atomic mass is 10.2. The highest BCUT2D eigenvalue weighted by atomic mass is 35.5. The van der Waals surface area contributed by atoms with Crippen molar-refractivity contribution in [3.05, 3.63) is 63.4 Å². The van der Waals surface area contributed by atoms with Crippen LogP contribution in [0.1, 0.15) is 5.56 Å². The lowest BCUT2D eigenvalue weighted by Crippen LogP contribution is -2.03. The molecule has 5 nitrogen and oxygen atoms in total. The number of nitrogen functional groups attached to an aromatic ring is 1. The lowest BCUT2D eigenvalue weighted by molar-refractivity contribution is 0.464. The molecule has 3 N–H and O–H groups in total. The Kier molecular flexibility index (Phi) is 5.18. The van der Waals surface area contributed by atoms with Gasteiger partial charge in [0.1, 0.15) is 17.8 Å². The maximum atomic E-state index is 6.16. The molecule has 0 spiro atoms. The highest BCUT2D eigenvalue weighted by Gasteiger charge is 2.12. The van der Waals surface area contributed by atoms with Gasteiger partial charge >= 0.3 is 0 Å². The van der Waals surface area contributed by atoms with Gasteiger partial charge in [-0.15, -0.1) is 0 Å². The van der Waals surface area contributed by atoms with Crippen LogP contribution in [0.5, 0.6) is 11.6 Å². The first-order valence-electron chi connectivity index (χ1n) is 7.20. The summed E-state index contributed by atoms with van der Waals surface area (Å²) in [7, 11) is 0. The number of nitrogens with two attached hydrogens (primary N) is 1. The van der Waals surface area contributed by atoms with E-state index >= 15 is 0 Å². The number of ether oxygens (including phenoxy) is 1. The predicted molar refractivity (Wildman–Crippen MR) is 102 cm³/mol.